The molecular weight excluding hydrogens is 348 g/mol. The fourth-order valence-corrected chi connectivity index (χ4v) is 3.89. The number of ether oxygens (including phenoxy) is 1. The maximum atomic E-state index is 11.9. The fraction of sp³-hybridized carbons (Fsp3) is 0.875. The SMILES string of the molecule is C=C(C(=O)OCCCCCCCCCCCCCCCCCC)[Si](C)(C)C. The molecule has 0 bridgehead atoms. The van der Waals surface area contributed by atoms with Gasteiger partial charge in [0, 0.05) is 5.20 Å². The molecule has 0 aromatic carbocycles. The van der Waals surface area contributed by atoms with Crippen LogP contribution in [0.3, 0.4) is 0 Å². The molecule has 0 aliphatic carbocycles. The van der Waals surface area contributed by atoms with Crippen molar-refractivity contribution in [2.75, 3.05) is 6.61 Å². The van der Waals surface area contributed by atoms with Crippen LogP contribution in [0.5, 0.6) is 0 Å². The van der Waals surface area contributed by atoms with Gasteiger partial charge < -0.3 is 4.74 Å². The predicted octanol–water partition coefficient (Wildman–Crippen LogP) is 8.22. The zero-order valence-corrected chi connectivity index (χ0v) is 20.0. The van der Waals surface area contributed by atoms with Crippen molar-refractivity contribution in [3.63, 3.8) is 0 Å². The minimum absolute atomic E-state index is 0.171. The van der Waals surface area contributed by atoms with Gasteiger partial charge in [-0.2, -0.15) is 0 Å². The summed E-state index contributed by atoms with van der Waals surface area (Å²) < 4.78 is 5.35. The van der Waals surface area contributed by atoms with E-state index in [1.165, 1.54) is 96.3 Å². The van der Waals surface area contributed by atoms with Crippen molar-refractivity contribution >= 4 is 14.0 Å². The van der Waals surface area contributed by atoms with Gasteiger partial charge in [-0.05, 0) is 6.42 Å². The van der Waals surface area contributed by atoms with E-state index in [0.29, 0.717) is 11.8 Å². The number of hydrogen-bond donors (Lipinski definition) is 0. The Morgan fingerprint density at radius 1 is 0.667 bits per heavy atom. The highest BCUT2D eigenvalue weighted by atomic mass is 28.3. The standard InChI is InChI=1S/C24H48O2Si/c1-6-7-8-9-10-11-12-13-14-15-16-17-18-19-20-21-22-26-24(25)23(2)27(3,4)5/h2,6-22H2,1,3-5H3. The van der Waals surface area contributed by atoms with Crippen LogP contribution in [0, 0.1) is 0 Å². The minimum atomic E-state index is -1.60. The average Bonchev–Trinajstić information content (AvgIpc) is 2.62. The van der Waals surface area contributed by atoms with Gasteiger partial charge in [0.05, 0.1) is 14.7 Å². The van der Waals surface area contributed by atoms with Crippen molar-refractivity contribution in [3.8, 4) is 0 Å². The lowest BCUT2D eigenvalue weighted by Gasteiger charge is -2.17. The van der Waals surface area contributed by atoms with Gasteiger partial charge in [-0.25, -0.2) is 4.79 Å². The molecule has 0 heterocycles. The highest BCUT2D eigenvalue weighted by Gasteiger charge is 2.24. The van der Waals surface area contributed by atoms with Gasteiger partial charge in [-0.1, -0.05) is 129 Å². The van der Waals surface area contributed by atoms with E-state index in [9.17, 15) is 4.79 Å². The van der Waals surface area contributed by atoms with E-state index in [-0.39, 0.29) is 5.97 Å². The van der Waals surface area contributed by atoms with Gasteiger partial charge >= 0.3 is 5.97 Å². The third kappa shape index (κ3) is 17.3. The van der Waals surface area contributed by atoms with Crippen LogP contribution in [-0.2, 0) is 9.53 Å². The van der Waals surface area contributed by atoms with Crippen LogP contribution < -0.4 is 0 Å². The van der Waals surface area contributed by atoms with Crippen LogP contribution in [0.1, 0.15) is 110 Å². The average molecular weight is 397 g/mol. The summed E-state index contributed by atoms with van der Waals surface area (Å²) in [4.78, 5) is 11.9. The van der Waals surface area contributed by atoms with Gasteiger partial charge in [0.25, 0.3) is 0 Å². The molecule has 0 aromatic heterocycles. The van der Waals surface area contributed by atoms with Gasteiger partial charge in [-0.3, -0.25) is 0 Å². The molecule has 27 heavy (non-hydrogen) atoms. The number of hydrogen-bond acceptors (Lipinski definition) is 2. The Kier molecular flexibility index (Phi) is 17.1. The molecule has 160 valence electrons. The van der Waals surface area contributed by atoms with Crippen LogP contribution in [-0.4, -0.2) is 20.7 Å². The molecule has 0 radical (unpaired) electrons. The summed E-state index contributed by atoms with van der Waals surface area (Å²) in [5.74, 6) is -0.171. The molecule has 0 atom stereocenters. The second kappa shape index (κ2) is 17.5. The largest absolute Gasteiger partial charge is 0.463 e. The monoisotopic (exact) mass is 396 g/mol. The smallest absolute Gasteiger partial charge is 0.329 e. The zero-order chi connectivity index (χ0) is 20.4. The van der Waals surface area contributed by atoms with E-state index >= 15 is 0 Å². The highest BCUT2D eigenvalue weighted by molar-refractivity contribution is 6.86. The summed E-state index contributed by atoms with van der Waals surface area (Å²) in [6.07, 6.45) is 21.8. The summed E-state index contributed by atoms with van der Waals surface area (Å²) in [6, 6.07) is 0. The van der Waals surface area contributed by atoms with Crippen molar-refractivity contribution in [1.29, 1.82) is 0 Å². The summed E-state index contributed by atoms with van der Waals surface area (Å²) in [6.45, 7) is 13.1. The Labute approximate surface area is 171 Å². The summed E-state index contributed by atoms with van der Waals surface area (Å²) in [5.41, 5.74) is 0. The van der Waals surface area contributed by atoms with Crippen molar-refractivity contribution < 1.29 is 9.53 Å². The fourth-order valence-electron chi connectivity index (χ4n) is 3.21. The number of esters is 1. The number of carbonyl (C=O) groups is 1. The first kappa shape index (κ1) is 26.4. The molecule has 0 rings (SSSR count). The minimum Gasteiger partial charge on any atom is -0.463 e. The van der Waals surface area contributed by atoms with Crippen molar-refractivity contribution in [1.82, 2.24) is 0 Å². The molecule has 0 spiro atoms. The molecule has 0 aromatic rings. The molecule has 2 nitrogen and oxygen atoms in total. The normalized spacial score (nSPS) is 11.6. The lowest BCUT2D eigenvalue weighted by molar-refractivity contribution is -0.138. The summed E-state index contributed by atoms with van der Waals surface area (Å²) in [5, 5.41) is 0.707. The quantitative estimate of drug-likeness (QED) is 0.0951. The van der Waals surface area contributed by atoms with Gasteiger partial charge in [0.2, 0.25) is 0 Å². The maximum Gasteiger partial charge on any atom is 0.329 e. The molecule has 0 N–H and O–H groups in total. The van der Waals surface area contributed by atoms with E-state index in [1.807, 2.05) is 0 Å². The Balaban J connectivity index is 3.23. The number of carbonyl (C=O) groups excluding carboxylic acids is 1. The Morgan fingerprint density at radius 2 is 1.00 bits per heavy atom. The van der Waals surface area contributed by atoms with Crippen LogP contribution in [0.2, 0.25) is 19.6 Å². The van der Waals surface area contributed by atoms with Gasteiger partial charge in [0.1, 0.15) is 0 Å². The van der Waals surface area contributed by atoms with Crippen LogP contribution in [0.25, 0.3) is 0 Å². The maximum absolute atomic E-state index is 11.9. The van der Waals surface area contributed by atoms with Gasteiger partial charge in [0.15, 0.2) is 0 Å². The van der Waals surface area contributed by atoms with E-state index < -0.39 is 8.07 Å². The Bertz CT molecular complexity index is 371. The number of rotatable bonds is 19. The summed E-state index contributed by atoms with van der Waals surface area (Å²) >= 11 is 0. The first-order valence-electron chi connectivity index (χ1n) is 11.8. The first-order chi connectivity index (χ1) is 12.9. The first-order valence-corrected chi connectivity index (χ1v) is 15.3. The third-order valence-corrected chi connectivity index (χ3v) is 7.40. The molecule has 0 saturated heterocycles. The second-order valence-corrected chi connectivity index (χ2v) is 14.3. The predicted molar refractivity (Wildman–Crippen MR) is 123 cm³/mol. The van der Waals surface area contributed by atoms with Crippen LogP contribution >= 0.6 is 0 Å². The number of unbranched alkanes of at least 4 members (excludes halogenated alkanes) is 15. The van der Waals surface area contributed by atoms with Gasteiger partial charge in [-0.15, -0.1) is 0 Å². The van der Waals surface area contributed by atoms with E-state index in [0.717, 1.165) is 6.42 Å². The van der Waals surface area contributed by atoms with Crippen LogP contribution in [0.15, 0.2) is 11.8 Å². The molecule has 0 aliphatic heterocycles. The molecule has 0 fully saturated rings. The molecule has 0 aliphatic rings. The third-order valence-electron chi connectivity index (χ3n) is 5.38. The van der Waals surface area contributed by atoms with Crippen molar-refractivity contribution in [2.24, 2.45) is 0 Å². The van der Waals surface area contributed by atoms with Crippen molar-refractivity contribution in [3.05, 3.63) is 11.8 Å². The zero-order valence-electron chi connectivity index (χ0n) is 19.0. The lowest BCUT2D eigenvalue weighted by Crippen LogP contribution is -2.30. The Morgan fingerprint density at radius 3 is 1.33 bits per heavy atom. The van der Waals surface area contributed by atoms with Crippen molar-refractivity contribution in [2.45, 2.75) is 129 Å². The van der Waals surface area contributed by atoms with E-state index in [2.05, 4.69) is 33.1 Å². The highest BCUT2D eigenvalue weighted by Crippen LogP contribution is 2.15. The Hall–Kier alpha value is -0.573. The molecule has 0 saturated carbocycles. The lowest BCUT2D eigenvalue weighted by atomic mass is 10.0. The molecule has 0 unspecified atom stereocenters. The molecular formula is C24H48O2Si. The second-order valence-electron chi connectivity index (χ2n) is 9.17. The van der Waals surface area contributed by atoms with Crippen LogP contribution in [0.4, 0.5) is 0 Å². The summed E-state index contributed by atoms with van der Waals surface area (Å²) in [7, 11) is -1.60. The topological polar surface area (TPSA) is 26.3 Å². The van der Waals surface area contributed by atoms with E-state index in [4.69, 9.17) is 4.74 Å². The van der Waals surface area contributed by atoms with E-state index in [1.54, 1.807) is 0 Å². The molecule has 0 amide bonds. The molecule has 3 heteroatoms.